The number of nitrogens with two attached hydrogens (primary N) is 1. The Labute approximate surface area is 197 Å². The normalized spacial score (nSPS) is 17.6. The summed E-state index contributed by atoms with van der Waals surface area (Å²) >= 11 is 0. The van der Waals surface area contributed by atoms with Gasteiger partial charge in [0.2, 0.25) is 11.8 Å². The number of carbonyl (C=O) groups is 2. The number of benzene rings is 1. The van der Waals surface area contributed by atoms with E-state index in [2.05, 4.69) is 0 Å². The smallest absolute Gasteiger partial charge is 0.332 e. The van der Waals surface area contributed by atoms with Crippen LogP contribution in [0.3, 0.4) is 0 Å². The van der Waals surface area contributed by atoms with Crippen molar-refractivity contribution in [1.29, 1.82) is 0 Å². The number of hydrogen-bond donors (Lipinski definition) is 1. The van der Waals surface area contributed by atoms with Gasteiger partial charge in [-0.2, -0.15) is 0 Å². The molecule has 2 N–H and O–H groups in total. The van der Waals surface area contributed by atoms with E-state index >= 15 is 0 Å². The summed E-state index contributed by atoms with van der Waals surface area (Å²) in [6.45, 7) is 0.593. The Balaban J connectivity index is 1.79. The topological polar surface area (TPSA) is 126 Å². The molecule has 1 saturated heterocycles. The van der Waals surface area contributed by atoms with Gasteiger partial charge in [0.25, 0.3) is 5.56 Å². The van der Waals surface area contributed by atoms with Crippen molar-refractivity contribution in [3.05, 3.63) is 33.0 Å². The second-order valence-corrected chi connectivity index (χ2v) is 9.12. The number of aromatic nitrogens is 2. The lowest BCUT2D eigenvalue weighted by molar-refractivity contribution is -0.135. The van der Waals surface area contributed by atoms with Crippen LogP contribution in [-0.2, 0) is 16.1 Å². The molecule has 10 heteroatoms. The second kappa shape index (κ2) is 9.90. The van der Waals surface area contributed by atoms with Crippen molar-refractivity contribution in [1.82, 2.24) is 14.0 Å². The van der Waals surface area contributed by atoms with Gasteiger partial charge in [-0.25, -0.2) is 4.79 Å². The van der Waals surface area contributed by atoms with Crippen LogP contribution in [0.4, 0.5) is 0 Å². The standard InChI is InChI=1S/C24H32N4O6/c1-33-19-12-17-18(13-20(19)34-2)27(14-21(29)26-10-8-15(9-11-26)22(25)30)24(32)28(23(17)31)16-6-4-3-5-7-16/h12-13,15-16H,3-11,14H2,1-2H3,(H2,25,30). The SMILES string of the molecule is COc1cc2c(=O)n(C3CCCCC3)c(=O)n(CC(=O)N3CCC(C(N)=O)CC3)c2cc1OC. The van der Waals surface area contributed by atoms with Crippen molar-refractivity contribution in [2.45, 2.75) is 57.5 Å². The molecule has 0 spiro atoms. The summed E-state index contributed by atoms with van der Waals surface area (Å²) in [5.74, 6) is -0.0811. The number of rotatable bonds is 6. The Hall–Kier alpha value is -3.30. The number of hydrogen-bond acceptors (Lipinski definition) is 6. The average molecular weight is 473 g/mol. The molecule has 34 heavy (non-hydrogen) atoms. The minimum Gasteiger partial charge on any atom is -0.493 e. The van der Waals surface area contributed by atoms with Crippen molar-refractivity contribution in [2.75, 3.05) is 27.3 Å². The molecule has 1 aliphatic carbocycles. The van der Waals surface area contributed by atoms with Crippen molar-refractivity contribution in [3.63, 3.8) is 0 Å². The first-order valence-electron chi connectivity index (χ1n) is 11.8. The fourth-order valence-corrected chi connectivity index (χ4v) is 5.18. The van der Waals surface area contributed by atoms with E-state index < -0.39 is 5.69 Å². The number of piperidine rings is 1. The molecule has 0 atom stereocenters. The number of fused-ring (bicyclic) bond motifs is 1. The molecule has 0 unspecified atom stereocenters. The van der Waals surface area contributed by atoms with E-state index in [-0.39, 0.29) is 35.9 Å². The highest BCUT2D eigenvalue weighted by atomic mass is 16.5. The van der Waals surface area contributed by atoms with Gasteiger partial charge in [0.05, 0.1) is 25.1 Å². The van der Waals surface area contributed by atoms with Gasteiger partial charge in [-0.1, -0.05) is 19.3 Å². The summed E-state index contributed by atoms with van der Waals surface area (Å²) in [7, 11) is 2.96. The van der Waals surface area contributed by atoms with Crippen molar-refractivity contribution in [3.8, 4) is 11.5 Å². The third kappa shape index (κ3) is 4.41. The van der Waals surface area contributed by atoms with Crippen LogP contribution in [-0.4, -0.2) is 53.2 Å². The van der Waals surface area contributed by atoms with Crippen LogP contribution in [0.1, 0.15) is 51.0 Å². The van der Waals surface area contributed by atoms with E-state index in [1.54, 1.807) is 17.0 Å². The maximum Gasteiger partial charge on any atom is 0.332 e. The molecule has 1 saturated carbocycles. The van der Waals surface area contributed by atoms with Crippen LogP contribution < -0.4 is 26.5 Å². The van der Waals surface area contributed by atoms with Gasteiger partial charge in [0, 0.05) is 31.1 Å². The number of ether oxygens (including phenoxy) is 2. The highest BCUT2D eigenvalue weighted by Crippen LogP contribution is 2.32. The Morgan fingerprint density at radius 3 is 2.18 bits per heavy atom. The molecule has 10 nitrogen and oxygen atoms in total. The summed E-state index contributed by atoms with van der Waals surface area (Å²) in [5.41, 5.74) is 4.87. The molecule has 4 rings (SSSR count). The number of carbonyl (C=O) groups excluding carboxylic acids is 2. The molecule has 2 heterocycles. The molecule has 2 amide bonds. The predicted molar refractivity (Wildman–Crippen MR) is 126 cm³/mol. The van der Waals surface area contributed by atoms with Crippen LogP contribution >= 0.6 is 0 Å². The Bertz CT molecular complexity index is 1200. The van der Waals surface area contributed by atoms with Gasteiger partial charge in [0.1, 0.15) is 6.54 Å². The average Bonchev–Trinajstić information content (AvgIpc) is 2.86. The lowest BCUT2D eigenvalue weighted by atomic mass is 9.95. The Morgan fingerprint density at radius 2 is 1.59 bits per heavy atom. The van der Waals surface area contributed by atoms with Gasteiger partial charge in [0.15, 0.2) is 11.5 Å². The van der Waals surface area contributed by atoms with Crippen molar-refractivity contribution < 1.29 is 19.1 Å². The summed E-state index contributed by atoms with van der Waals surface area (Å²) in [4.78, 5) is 53.4. The molecular weight excluding hydrogens is 440 g/mol. The number of nitrogens with zero attached hydrogens (tertiary/aromatic N) is 3. The van der Waals surface area contributed by atoms with Crippen LogP contribution in [0.15, 0.2) is 21.7 Å². The molecule has 184 valence electrons. The van der Waals surface area contributed by atoms with E-state index in [1.807, 2.05) is 0 Å². The fraction of sp³-hybridized carbons (Fsp3) is 0.583. The predicted octanol–water partition coefficient (Wildman–Crippen LogP) is 1.41. The zero-order valence-electron chi connectivity index (χ0n) is 19.7. The van der Waals surface area contributed by atoms with E-state index in [9.17, 15) is 19.2 Å². The summed E-state index contributed by atoms with van der Waals surface area (Å²) < 4.78 is 13.5. The number of primary amides is 1. The highest BCUT2D eigenvalue weighted by Gasteiger charge is 2.28. The fourth-order valence-electron chi connectivity index (χ4n) is 5.18. The summed E-state index contributed by atoms with van der Waals surface area (Å²) in [6.07, 6.45) is 5.50. The molecular formula is C24H32N4O6. The third-order valence-corrected chi connectivity index (χ3v) is 7.16. The first kappa shape index (κ1) is 23.8. The first-order valence-corrected chi connectivity index (χ1v) is 11.8. The Morgan fingerprint density at radius 1 is 0.971 bits per heavy atom. The van der Waals surface area contributed by atoms with E-state index in [4.69, 9.17) is 15.2 Å². The zero-order valence-corrected chi connectivity index (χ0v) is 19.7. The summed E-state index contributed by atoms with van der Waals surface area (Å²) in [6, 6.07) is 2.96. The zero-order chi connectivity index (χ0) is 24.4. The van der Waals surface area contributed by atoms with Gasteiger partial charge in [-0.05, 0) is 31.7 Å². The van der Waals surface area contributed by atoms with Crippen LogP contribution in [0.5, 0.6) is 11.5 Å². The van der Waals surface area contributed by atoms with Crippen molar-refractivity contribution in [2.24, 2.45) is 11.7 Å². The molecule has 1 aromatic carbocycles. The highest BCUT2D eigenvalue weighted by molar-refractivity contribution is 5.85. The molecule has 1 aliphatic heterocycles. The van der Waals surface area contributed by atoms with Crippen molar-refractivity contribution >= 4 is 22.7 Å². The van der Waals surface area contributed by atoms with E-state index in [0.29, 0.717) is 48.3 Å². The monoisotopic (exact) mass is 472 g/mol. The largest absolute Gasteiger partial charge is 0.493 e. The molecule has 1 aromatic heterocycles. The first-order chi connectivity index (χ1) is 16.3. The minimum absolute atomic E-state index is 0.195. The number of likely N-dealkylation sites (tertiary alicyclic amines) is 1. The van der Waals surface area contributed by atoms with Crippen LogP contribution in [0.25, 0.3) is 10.9 Å². The van der Waals surface area contributed by atoms with E-state index in [1.165, 1.54) is 23.4 Å². The number of amides is 2. The maximum atomic E-state index is 13.6. The third-order valence-electron chi connectivity index (χ3n) is 7.16. The van der Waals surface area contributed by atoms with Gasteiger partial charge in [-0.15, -0.1) is 0 Å². The minimum atomic E-state index is -0.489. The molecule has 0 radical (unpaired) electrons. The second-order valence-electron chi connectivity index (χ2n) is 9.12. The van der Waals surface area contributed by atoms with Crippen LogP contribution in [0, 0.1) is 5.92 Å². The lowest BCUT2D eigenvalue weighted by Gasteiger charge is -2.31. The quantitative estimate of drug-likeness (QED) is 0.678. The molecule has 0 bridgehead atoms. The van der Waals surface area contributed by atoms with Gasteiger partial charge in [-0.3, -0.25) is 23.5 Å². The molecule has 2 aromatic rings. The van der Waals surface area contributed by atoms with E-state index in [0.717, 1.165) is 32.1 Å². The molecule has 2 fully saturated rings. The van der Waals surface area contributed by atoms with Gasteiger partial charge < -0.3 is 20.1 Å². The number of methoxy groups -OCH3 is 2. The van der Waals surface area contributed by atoms with Crippen LogP contribution in [0.2, 0.25) is 0 Å². The Kier molecular flexibility index (Phi) is 6.95. The molecule has 2 aliphatic rings. The lowest BCUT2D eigenvalue weighted by Crippen LogP contribution is -2.47. The maximum absolute atomic E-state index is 13.6. The summed E-state index contributed by atoms with van der Waals surface area (Å²) in [5, 5.41) is 0.308. The van der Waals surface area contributed by atoms with Gasteiger partial charge >= 0.3 is 5.69 Å².